The van der Waals surface area contributed by atoms with Crippen molar-refractivity contribution in [1.29, 1.82) is 0 Å². The summed E-state index contributed by atoms with van der Waals surface area (Å²) in [5.41, 5.74) is -0.298. The molecule has 2 aliphatic heterocycles. The molecule has 0 aromatic heterocycles. The molecule has 5 nitrogen and oxygen atoms in total. The number of aliphatic imine (C=N–C) groups is 1. The first-order chi connectivity index (χ1) is 14.9. The van der Waals surface area contributed by atoms with Crippen molar-refractivity contribution in [2.75, 3.05) is 16.4 Å². The third-order valence-electron chi connectivity index (χ3n) is 5.09. The lowest BCUT2D eigenvalue weighted by atomic mass is 10.1. The van der Waals surface area contributed by atoms with E-state index in [2.05, 4.69) is 4.99 Å². The van der Waals surface area contributed by atoms with Gasteiger partial charge in [-0.05, 0) is 35.9 Å². The van der Waals surface area contributed by atoms with E-state index in [0.717, 1.165) is 30.0 Å². The Morgan fingerprint density at radius 3 is 2.47 bits per heavy atom. The monoisotopic (exact) mass is 522 g/mol. The third kappa shape index (κ3) is 4.93. The number of nitrogens with zero attached hydrogens (tertiary/aromatic N) is 2. The fourth-order valence-corrected chi connectivity index (χ4v) is 7.90. The van der Waals surface area contributed by atoms with Crippen LogP contribution in [0.3, 0.4) is 0 Å². The van der Waals surface area contributed by atoms with Gasteiger partial charge in [0.1, 0.15) is 0 Å². The van der Waals surface area contributed by atoms with Crippen LogP contribution in [0.25, 0.3) is 0 Å². The van der Waals surface area contributed by atoms with E-state index in [4.69, 9.17) is 23.2 Å². The van der Waals surface area contributed by atoms with Gasteiger partial charge in [0.05, 0.1) is 40.2 Å². The van der Waals surface area contributed by atoms with Gasteiger partial charge in [0.15, 0.2) is 15.0 Å². The number of amidine groups is 1. The highest BCUT2D eigenvalue weighted by atomic mass is 35.5. The Balaban J connectivity index is 1.71. The summed E-state index contributed by atoms with van der Waals surface area (Å²) in [4.78, 5) is 18.1. The lowest BCUT2D eigenvalue weighted by Gasteiger charge is -2.26. The average Bonchev–Trinajstić information content (AvgIpc) is 3.14. The highest BCUT2D eigenvalue weighted by molar-refractivity contribution is 8.16. The van der Waals surface area contributed by atoms with Gasteiger partial charge < -0.3 is 4.90 Å². The first kappa shape index (κ1) is 23.4. The lowest BCUT2D eigenvalue weighted by molar-refractivity contribution is -0.137. The molecule has 0 aliphatic carbocycles. The predicted molar refractivity (Wildman–Crippen MR) is 120 cm³/mol. The van der Waals surface area contributed by atoms with Gasteiger partial charge in [-0.25, -0.2) is 8.42 Å². The molecule has 2 atom stereocenters. The number of hydrogen-bond acceptors (Lipinski definition) is 4. The van der Waals surface area contributed by atoms with Gasteiger partial charge in [-0.15, -0.1) is 0 Å². The van der Waals surface area contributed by atoms with E-state index < -0.39 is 38.8 Å². The van der Waals surface area contributed by atoms with Crippen LogP contribution in [-0.2, 0) is 27.2 Å². The topological polar surface area (TPSA) is 66.8 Å². The van der Waals surface area contributed by atoms with E-state index in [0.29, 0.717) is 10.6 Å². The minimum Gasteiger partial charge on any atom is -0.314 e. The van der Waals surface area contributed by atoms with E-state index in [1.54, 1.807) is 24.3 Å². The van der Waals surface area contributed by atoms with Crippen LogP contribution in [-0.4, -0.2) is 42.3 Å². The van der Waals surface area contributed by atoms with Crippen LogP contribution < -0.4 is 4.90 Å². The second-order valence-electron chi connectivity index (χ2n) is 7.43. The molecular formula is C20H15Cl2F3N2O3S2. The minimum atomic E-state index is -4.62. The minimum absolute atomic E-state index is 0.00129. The van der Waals surface area contributed by atoms with Crippen molar-refractivity contribution in [2.24, 2.45) is 4.99 Å². The molecule has 170 valence electrons. The smallest absolute Gasteiger partial charge is 0.314 e. The number of anilines is 1. The summed E-state index contributed by atoms with van der Waals surface area (Å²) in [5, 5.41) is 0.183. The Bertz CT molecular complexity index is 1200. The zero-order valence-corrected chi connectivity index (χ0v) is 19.3. The van der Waals surface area contributed by atoms with Gasteiger partial charge in [0.2, 0.25) is 0 Å². The van der Waals surface area contributed by atoms with Crippen LogP contribution in [0.4, 0.5) is 18.9 Å². The molecule has 4 rings (SSSR count). The normalized spacial score (nSPS) is 23.5. The van der Waals surface area contributed by atoms with Gasteiger partial charge in [0.25, 0.3) is 5.91 Å². The predicted octanol–water partition coefficient (Wildman–Crippen LogP) is 4.86. The van der Waals surface area contributed by atoms with Gasteiger partial charge >= 0.3 is 6.18 Å². The van der Waals surface area contributed by atoms with Crippen LogP contribution in [0, 0.1) is 0 Å². The second-order valence-corrected chi connectivity index (χ2v) is 11.6. The molecule has 32 heavy (non-hydrogen) atoms. The summed E-state index contributed by atoms with van der Waals surface area (Å²) in [6.07, 6.45) is -4.66. The van der Waals surface area contributed by atoms with Gasteiger partial charge in [-0.2, -0.15) is 18.2 Å². The summed E-state index contributed by atoms with van der Waals surface area (Å²) in [7, 11) is -3.38. The van der Waals surface area contributed by atoms with Crippen molar-refractivity contribution in [3.8, 4) is 0 Å². The summed E-state index contributed by atoms with van der Waals surface area (Å²) < 4.78 is 64.2. The van der Waals surface area contributed by atoms with Crippen molar-refractivity contribution in [3.63, 3.8) is 0 Å². The molecule has 2 aromatic rings. The average molecular weight is 523 g/mol. The number of carbonyl (C=O) groups excluding carboxylic acids is 1. The molecule has 0 saturated carbocycles. The molecule has 2 aliphatic rings. The van der Waals surface area contributed by atoms with Crippen molar-refractivity contribution in [1.82, 2.24) is 0 Å². The Morgan fingerprint density at radius 1 is 1.12 bits per heavy atom. The summed E-state index contributed by atoms with van der Waals surface area (Å²) in [5.74, 6) is -0.938. The van der Waals surface area contributed by atoms with Crippen molar-refractivity contribution in [3.05, 3.63) is 63.6 Å². The van der Waals surface area contributed by atoms with Crippen LogP contribution in [0.15, 0.2) is 47.5 Å². The third-order valence-corrected chi connectivity index (χ3v) is 8.87. The van der Waals surface area contributed by atoms with Crippen molar-refractivity contribution < 1.29 is 26.4 Å². The van der Waals surface area contributed by atoms with E-state index in [-0.39, 0.29) is 33.8 Å². The Morgan fingerprint density at radius 2 is 1.81 bits per heavy atom. The van der Waals surface area contributed by atoms with Crippen molar-refractivity contribution >= 4 is 61.6 Å². The van der Waals surface area contributed by atoms with Crippen LogP contribution in [0.5, 0.6) is 0 Å². The molecule has 0 N–H and O–H groups in total. The Kier molecular flexibility index (Phi) is 6.26. The quantitative estimate of drug-likeness (QED) is 0.576. The summed E-state index contributed by atoms with van der Waals surface area (Å²) in [6, 6.07) is 8.74. The standard InChI is InChI=1S/C20H15Cl2F3N2O3S2/c21-13-4-1-11(2-5-13)7-18(28)26-19-27(16-9-32(29,30)10-17(16)31-19)15-8-12(20(23,24)25)3-6-14(15)22/h1-6,8,16-17H,7,9-10H2/t16-,17-/m0/s1. The summed E-state index contributed by atoms with van der Waals surface area (Å²) >= 11 is 13.1. The zero-order chi connectivity index (χ0) is 23.3. The fraction of sp³-hybridized carbons (Fsp3) is 0.300. The summed E-state index contributed by atoms with van der Waals surface area (Å²) in [6.45, 7) is 0. The second kappa shape index (κ2) is 8.55. The highest BCUT2D eigenvalue weighted by Crippen LogP contribution is 2.44. The van der Waals surface area contributed by atoms with Crippen LogP contribution >= 0.6 is 35.0 Å². The molecule has 12 heteroatoms. The van der Waals surface area contributed by atoms with Crippen LogP contribution in [0.1, 0.15) is 11.1 Å². The number of carbonyl (C=O) groups is 1. The molecule has 0 bridgehead atoms. The highest BCUT2D eigenvalue weighted by Gasteiger charge is 2.50. The molecular weight excluding hydrogens is 508 g/mol. The molecule has 0 radical (unpaired) electrons. The van der Waals surface area contributed by atoms with E-state index in [1.807, 2.05) is 0 Å². The SMILES string of the molecule is O=C(Cc1ccc(Cl)cc1)N=C1S[C@H]2CS(=O)(=O)C[C@@H]2N1c1cc(C(F)(F)F)ccc1Cl. The number of thioether (sulfide) groups is 1. The molecule has 1 amide bonds. The largest absolute Gasteiger partial charge is 0.416 e. The molecule has 2 fully saturated rings. The van der Waals surface area contributed by atoms with Gasteiger partial charge in [0, 0.05) is 10.3 Å². The lowest BCUT2D eigenvalue weighted by Crippen LogP contribution is -2.38. The van der Waals surface area contributed by atoms with Crippen molar-refractivity contribution in [2.45, 2.75) is 23.9 Å². The maximum absolute atomic E-state index is 13.3. The number of rotatable bonds is 3. The number of hydrogen-bond donors (Lipinski definition) is 0. The number of alkyl halides is 3. The molecule has 2 saturated heterocycles. The maximum atomic E-state index is 13.3. The van der Waals surface area contributed by atoms with Gasteiger partial charge in [-0.1, -0.05) is 47.1 Å². The van der Waals surface area contributed by atoms with E-state index in [9.17, 15) is 26.4 Å². The molecule has 2 aromatic carbocycles. The number of halogens is 5. The number of fused-ring (bicyclic) bond motifs is 1. The first-order valence-corrected chi connectivity index (χ1v) is 12.8. The molecule has 2 heterocycles. The fourth-order valence-electron chi connectivity index (χ4n) is 3.64. The van der Waals surface area contributed by atoms with Crippen LogP contribution in [0.2, 0.25) is 10.0 Å². The first-order valence-electron chi connectivity index (χ1n) is 9.32. The number of sulfone groups is 1. The van der Waals surface area contributed by atoms with E-state index in [1.165, 1.54) is 4.90 Å². The van der Waals surface area contributed by atoms with E-state index >= 15 is 0 Å². The Labute approximate surface area is 196 Å². The zero-order valence-electron chi connectivity index (χ0n) is 16.1. The number of benzene rings is 2. The maximum Gasteiger partial charge on any atom is 0.416 e. The Hall–Kier alpha value is -1.75. The molecule has 0 unspecified atom stereocenters. The van der Waals surface area contributed by atoms with Gasteiger partial charge in [-0.3, -0.25) is 4.79 Å². The number of amides is 1. The molecule has 0 spiro atoms.